The van der Waals surface area contributed by atoms with Gasteiger partial charge in [0, 0.05) is 18.9 Å². The fraction of sp³-hybridized carbons (Fsp3) is 0.500. The summed E-state index contributed by atoms with van der Waals surface area (Å²) in [6.07, 6.45) is 1.53. The average Bonchev–Trinajstić information content (AvgIpc) is 2.23. The highest BCUT2D eigenvalue weighted by molar-refractivity contribution is 6.30. The number of nitrogens with one attached hydrogen (secondary N) is 1. The van der Waals surface area contributed by atoms with E-state index < -0.39 is 0 Å². The Labute approximate surface area is 94.8 Å². The van der Waals surface area contributed by atoms with Crippen LogP contribution in [0.3, 0.4) is 0 Å². The van der Waals surface area contributed by atoms with Crippen LogP contribution in [0.25, 0.3) is 0 Å². The first-order valence-corrected chi connectivity index (χ1v) is 5.09. The summed E-state index contributed by atoms with van der Waals surface area (Å²) in [6.45, 7) is 1.96. The number of hydrogen-bond acceptors (Lipinski definition) is 4. The number of halogens is 1. The molecule has 0 aromatic carbocycles. The van der Waals surface area contributed by atoms with E-state index in [0.29, 0.717) is 10.8 Å². The number of likely N-dealkylation sites (N-methyl/N-ethyl adjacent to an activating group) is 1. The van der Waals surface area contributed by atoms with Crippen molar-refractivity contribution in [2.45, 2.75) is 19.1 Å². The van der Waals surface area contributed by atoms with Crippen LogP contribution in [-0.4, -0.2) is 25.2 Å². The normalized spacial score (nSPS) is 14.9. The fourth-order valence-electron chi connectivity index (χ4n) is 1.49. The summed E-state index contributed by atoms with van der Waals surface area (Å²) in [5.74, 6) is 0.475. The second-order valence-electron chi connectivity index (χ2n) is 3.34. The second-order valence-corrected chi connectivity index (χ2v) is 3.77. The van der Waals surface area contributed by atoms with E-state index in [-0.39, 0.29) is 12.1 Å². The van der Waals surface area contributed by atoms with Gasteiger partial charge in [0.15, 0.2) is 0 Å². The van der Waals surface area contributed by atoms with Crippen LogP contribution < -0.4 is 11.1 Å². The van der Waals surface area contributed by atoms with Crippen molar-refractivity contribution in [1.29, 1.82) is 0 Å². The summed E-state index contributed by atoms with van der Waals surface area (Å²) in [6, 6.07) is 1.79. The molecule has 0 amide bonds. The number of methoxy groups -OCH3 is 1. The lowest BCUT2D eigenvalue weighted by Gasteiger charge is -2.23. The van der Waals surface area contributed by atoms with Gasteiger partial charge in [-0.05, 0) is 20.0 Å². The minimum atomic E-state index is -0.0128. The van der Waals surface area contributed by atoms with Crippen molar-refractivity contribution in [3.8, 4) is 0 Å². The van der Waals surface area contributed by atoms with Gasteiger partial charge in [0.05, 0.1) is 17.2 Å². The third-order valence-corrected chi connectivity index (χ3v) is 2.61. The van der Waals surface area contributed by atoms with E-state index in [1.54, 1.807) is 13.2 Å². The molecule has 0 saturated carbocycles. The van der Waals surface area contributed by atoms with Crippen LogP contribution in [0, 0.1) is 0 Å². The predicted octanol–water partition coefficient (Wildman–Crippen LogP) is 1.61. The highest BCUT2D eigenvalue weighted by atomic mass is 35.5. The van der Waals surface area contributed by atoms with Crippen LogP contribution in [0.4, 0.5) is 5.82 Å². The van der Waals surface area contributed by atoms with Gasteiger partial charge in [-0.1, -0.05) is 11.6 Å². The summed E-state index contributed by atoms with van der Waals surface area (Å²) in [7, 11) is 3.50. The first-order valence-electron chi connectivity index (χ1n) is 4.71. The number of pyridine rings is 1. The first kappa shape index (κ1) is 12.2. The van der Waals surface area contributed by atoms with Crippen molar-refractivity contribution in [2.24, 2.45) is 0 Å². The van der Waals surface area contributed by atoms with E-state index in [0.717, 1.165) is 5.56 Å². The number of nitrogen functional groups attached to an aromatic ring is 1. The molecule has 0 aliphatic heterocycles. The Morgan fingerprint density at radius 1 is 1.60 bits per heavy atom. The molecule has 5 heteroatoms. The number of nitrogens with zero attached hydrogens (tertiary/aromatic N) is 1. The molecule has 4 nitrogen and oxygen atoms in total. The molecule has 0 saturated heterocycles. The third kappa shape index (κ3) is 2.81. The van der Waals surface area contributed by atoms with E-state index in [2.05, 4.69) is 10.3 Å². The van der Waals surface area contributed by atoms with Crippen molar-refractivity contribution in [2.75, 3.05) is 19.9 Å². The molecule has 84 valence electrons. The highest BCUT2D eigenvalue weighted by Crippen LogP contribution is 2.25. The second kappa shape index (κ2) is 5.30. The van der Waals surface area contributed by atoms with Crippen molar-refractivity contribution < 1.29 is 4.74 Å². The molecule has 0 bridgehead atoms. The zero-order chi connectivity index (χ0) is 11.4. The Morgan fingerprint density at radius 2 is 2.27 bits per heavy atom. The van der Waals surface area contributed by atoms with Crippen molar-refractivity contribution in [3.63, 3.8) is 0 Å². The SMILES string of the molecule is CNC(c1cc(Cl)cnc1N)C(C)OC. The van der Waals surface area contributed by atoms with E-state index in [1.165, 1.54) is 6.20 Å². The van der Waals surface area contributed by atoms with Gasteiger partial charge in [-0.25, -0.2) is 4.98 Å². The molecular formula is C10H16ClN3O. The lowest BCUT2D eigenvalue weighted by molar-refractivity contribution is 0.0858. The largest absolute Gasteiger partial charge is 0.383 e. The Balaban J connectivity index is 3.05. The quantitative estimate of drug-likeness (QED) is 0.824. The monoisotopic (exact) mass is 229 g/mol. The summed E-state index contributed by atoms with van der Waals surface area (Å²) in [5, 5.41) is 3.71. The minimum absolute atomic E-state index is 0.00225. The molecule has 2 unspecified atom stereocenters. The van der Waals surface area contributed by atoms with E-state index in [9.17, 15) is 0 Å². The summed E-state index contributed by atoms with van der Waals surface area (Å²) in [5.41, 5.74) is 6.65. The average molecular weight is 230 g/mol. The van der Waals surface area contributed by atoms with Crippen LogP contribution in [0.1, 0.15) is 18.5 Å². The standard InChI is InChI=1S/C10H16ClN3O/c1-6(15-3)9(13-2)8-4-7(11)5-14-10(8)12/h4-6,9,13H,1-3H3,(H2,12,14). The van der Waals surface area contributed by atoms with Crippen LogP contribution >= 0.6 is 11.6 Å². The number of rotatable bonds is 4. The van der Waals surface area contributed by atoms with Gasteiger partial charge in [0.1, 0.15) is 5.82 Å². The molecule has 1 aromatic heterocycles. The van der Waals surface area contributed by atoms with Crippen LogP contribution in [0.5, 0.6) is 0 Å². The van der Waals surface area contributed by atoms with E-state index in [1.807, 2.05) is 14.0 Å². The lowest BCUT2D eigenvalue weighted by atomic mass is 10.0. The first-order chi connectivity index (χ1) is 7.10. The topological polar surface area (TPSA) is 60.2 Å². The molecular weight excluding hydrogens is 214 g/mol. The molecule has 1 rings (SSSR count). The van der Waals surface area contributed by atoms with Gasteiger partial charge < -0.3 is 15.8 Å². The molecule has 1 heterocycles. The van der Waals surface area contributed by atoms with Gasteiger partial charge in [-0.15, -0.1) is 0 Å². The smallest absolute Gasteiger partial charge is 0.128 e. The summed E-state index contributed by atoms with van der Waals surface area (Å²) < 4.78 is 5.26. The van der Waals surface area contributed by atoms with Gasteiger partial charge in [0.2, 0.25) is 0 Å². The minimum Gasteiger partial charge on any atom is -0.383 e. The molecule has 0 spiro atoms. The van der Waals surface area contributed by atoms with Crippen molar-refractivity contribution in [3.05, 3.63) is 22.8 Å². The Kier molecular flexibility index (Phi) is 4.32. The molecule has 3 N–H and O–H groups in total. The molecule has 1 aromatic rings. The fourth-order valence-corrected chi connectivity index (χ4v) is 1.66. The number of anilines is 1. The zero-order valence-electron chi connectivity index (χ0n) is 9.12. The van der Waals surface area contributed by atoms with Crippen molar-refractivity contribution in [1.82, 2.24) is 10.3 Å². The van der Waals surface area contributed by atoms with Gasteiger partial charge >= 0.3 is 0 Å². The van der Waals surface area contributed by atoms with Crippen LogP contribution in [-0.2, 0) is 4.74 Å². The van der Waals surface area contributed by atoms with Crippen molar-refractivity contribution >= 4 is 17.4 Å². The Hall–Kier alpha value is -0.840. The van der Waals surface area contributed by atoms with Gasteiger partial charge in [-0.2, -0.15) is 0 Å². The van der Waals surface area contributed by atoms with E-state index in [4.69, 9.17) is 22.1 Å². The number of aromatic nitrogens is 1. The Bertz CT molecular complexity index is 332. The van der Waals surface area contributed by atoms with Gasteiger partial charge in [0.25, 0.3) is 0 Å². The predicted molar refractivity (Wildman–Crippen MR) is 61.9 cm³/mol. The zero-order valence-corrected chi connectivity index (χ0v) is 9.88. The molecule has 0 aliphatic rings. The van der Waals surface area contributed by atoms with Crippen LogP contribution in [0.2, 0.25) is 5.02 Å². The van der Waals surface area contributed by atoms with Gasteiger partial charge in [-0.3, -0.25) is 0 Å². The summed E-state index contributed by atoms with van der Waals surface area (Å²) >= 11 is 5.88. The van der Waals surface area contributed by atoms with E-state index >= 15 is 0 Å². The maximum Gasteiger partial charge on any atom is 0.128 e. The number of ether oxygens (including phenoxy) is 1. The summed E-state index contributed by atoms with van der Waals surface area (Å²) in [4.78, 5) is 4.01. The lowest BCUT2D eigenvalue weighted by Crippen LogP contribution is -2.29. The molecule has 15 heavy (non-hydrogen) atoms. The molecule has 0 fully saturated rings. The molecule has 2 atom stereocenters. The van der Waals surface area contributed by atoms with Crippen LogP contribution in [0.15, 0.2) is 12.3 Å². The molecule has 0 aliphatic carbocycles. The maximum absolute atomic E-state index is 5.88. The number of nitrogens with two attached hydrogens (primary N) is 1. The maximum atomic E-state index is 5.88. The molecule has 0 radical (unpaired) electrons. The number of hydrogen-bond donors (Lipinski definition) is 2. The third-order valence-electron chi connectivity index (χ3n) is 2.40. The Morgan fingerprint density at radius 3 is 2.80 bits per heavy atom. The highest BCUT2D eigenvalue weighted by Gasteiger charge is 2.20.